The van der Waals surface area contributed by atoms with Gasteiger partial charge in [0.05, 0.1) is 21.5 Å². The van der Waals surface area contributed by atoms with Crippen molar-refractivity contribution in [1.29, 1.82) is 0 Å². The number of benzene rings is 1. The van der Waals surface area contributed by atoms with Gasteiger partial charge in [-0.3, -0.25) is 19.4 Å². The van der Waals surface area contributed by atoms with Crippen LogP contribution in [0.25, 0.3) is 0 Å². The van der Waals surface area contributed by atoms with Crippen LogP contribution in [-0.4, -0.2) is 41.6 Å². The molecule has 0 unspecified atom stereocenters. The van der Waals surface area contributed by atoms with Gasteiger partial charge < -0.3 is 5.11 Å². The molecule has 1 N–H and O–H groups in total. The van der Waals surface area contributed by atoms with Crippen LogP contribution >= 0.6 is 23.2 Å². The van der Waals surface area contributed by atoms with E-state index in [-0.39, 0.29) is 52.4 Å². The maximum Gasteiger partial charge on any atom is 0.413 e. The largest absolute Gasteiger partial charge is 0.481 e. The fourth-order valence-electron chi connectivity index (χ4n) is 4.57. The molecule has 2 rings (SSSR count). The molecule has 1 aromatic carbocycles. The van der Waals surface area contributed by atoms with E-state index in [9.17, 15) is 27.6 Å². The molecule has 10 heteroatoms. The number of aryl methyl sites for hydroxylation is 1. The third-order valence-corrected chi connectivity index (χ3v) is 7.73. The number of carbonyl (C=O) groups is 3. The molecule has 0 heterocycles. The molecule has 0 atom stereocenters. The molecule has 0 spiro atoms. The standard InChI is InChI=1S/C30H36Cl2F3NO4/c1-17(2)5-8-21(11-12-26(37)27-24(31)13-18(3)14-25(27)32)28(38)23(19(4)30(33,34)35)16-36-15-20-6-9-22(10-7-20)29(39)40/h11,13-14,16-17,20,22H,5-10,12,15H2,1-4H3,(H,39,40). The minimum atomic E-state index is -4.75. The van der Waals surface area contributed by atoms with Gasteiger partial charge in [-0.1, -0.05) is 43.1 Å². The number of alkyl halides is 3. The van der Waals surface area contributed by atoms with Gasteiger partial charge in [0.25, 0.3) is 0 Å². The third-order valence-electron chi connectivity index (χ3n) is 7.14. The molecule has 40 heavy (non-hydrogen) atoms. The first kappa shape index (κ1) is 33.8. The predicted octanol–water partition coefficient (Wildman–Crippen LogP) is 8.65. The zero-order valence-electron chi connectivity index (χ0n) is 23.2. The summed E-state index contributed by atoms with van der Waals surface area (Å²) in [5, 5.41) is 9.49. The second-order valence-corrected chi connectivity index (χ2v) is 11.6. The summed E-state index contributed by atoms with van der Waals surface area (Å²) in [6.45, 7) is 6.67. The molecular formula is C30H36Cl2F3NO4. The summed E-state index contributed by atoms with van der Waals surface area (Å²) >= 11 is 12.5. The van der Waals surface area contributed by atoms with E-state index >= 15 is 0 Å². The SMILES string of the molecule is CC(=C(C=NCC1CCC(C(=O)O)CC1)C(=O)C(=CCC(=O)c1c(Cl)cc(C)cc1Cl)CCC(C)C)C(F)(F)F. The number of Topliss-reactive ketones (excluding diaryl/α,β-unsaturated/α-hetero) is 2. The van der Waals surface area contributed by atoms with E-state index in [4.69, 9.17) is 28.3 Å². The topological polar surface area (TPSA) is 83.8 Å². The first-order valence-electron chi connectivity index (χ1n) is 13.3. The molecule has 1 aliphatic carbocycles. The molecule has 1 fully saturated rings. The number of carbonyl (C=O) groups excluding carboxylic acids is 2. The zero-order valence-corrected chi connectivity index (χ0v) is 24.7. The monoisotopic (exact) mass is 601 g/mol. The molecule has 5 nitrogen and oxygen atoms in total. The summed E-state index contributed by atoms with van der Waals surface area (Å²) < 4.78 is 41.3. The van der Waals surface area contributed by atoms with Crippen LogP contribution in [0.1, 0.15) is 81.6 Å². The van der Waals surface area contributed by atoms with Crippen molar-refractivity contribution in [1.82, 2.24) is 0 Å². The van der Waals surface area contributed by atoms with Gasteiger partial charge in [-0.05, 0) is 87.5 Å². The minimum absolute atomic E-state index is 0.0342. The maximum atomic E-state index is 13.8. The van der Waals surface area contributed by atoms with E-state index in [1.165, 1.54) is 6.08 Å². The summed E-state index contributed by atoms with van der Waals surface area (Å²) in [6.07, 6.45) is 0.227. The van der Waals surface area contributed by atoms with Gasteiger partial charge in [-0.15, -0.1) is 0 Å². The van der Waals surface area contributed by atoms with E-state index in [0.717, 1.165) is 18.7 Å². The van der Waals surface area contributed by atoms with Crippen molar-refractivity contribution < 1.29 is 32.7 Å². The number of carboxylic acid groups (broad SMARTS) is 1. The number of nitrogens with zero attached hydrogens (tertiary/aromatic N) is 1. The Kier molecular flexibility index (Phi) is 12.6. The van der Waals surface area contributed by atoms with Gasteiger partial charge >= 0.3 is 12.1 Å². The van der Waals surface area contributed by atoms with Gasteiger partial charge in [0, 0.05) is 30.3 Å². The number of halogens is 5. The number of allylic oxidation sites excluding steroid dienone is 4. The van der Waals surface area contributed by atoms with Crippen molar-refractivity contribution in [3.05, 3.63) is 56.1 Å². The lowest BCUT2D eigenvalue weighted by atomic mass is 9.82. The van der Waals surface area contributed by atoms with Crippen LogP contribution in [0.4, 0.5) is 13.2 Å². The number of aliphatic carboxylic acids is 1. The molecule has 0 amide bonds. The Morgan fingerprint density at radius 2 is 1.68 bits per heavy atom. The Morgan fingerprint density at radius 3 is 2.17 bits per heavy atom. The number of aliphatic imine (C=N–C) groups is 1. The van der Waals surface area contributed by atoms with Gasteiger partial charge in [-0.25, -0.2) is 0 Å². The molecule has 1 saturated carbocycles. The fraction of sp³-hybridized carbons (Fsp3) is 0.533. The van der Waals surface area contributed by atoms with Crippen molar-refractivity contribution >= 4 is 47.0 Å². The average molecular weight is 603 g/mol. The van der Waals surface area contributed by atoms with Crippen molar-refractivity contribution in [3.8, 4) is 0 Å². The fourth-order valence-corrected chi connectivity index (χ4v) is 5.38. The van der Waals surface area contributed by atoms with Crippen LogP contribution in [0.3, 0.4) is 0 Å². The summed E-state index contributed by atoms with van der Waals surface area (Å²) in [4.78, 5) is 41.8. The molecule has 0 aromatic heterocycles. The second kappa shape index (κ2) is 15.0. The Balaban J connectivity index is 2.34. The van der Waals surface area contributed by atoms with Crippen molar-refractivity contribution in [2.45, 2.75) is 78.8 Å². The van der Waals surface area contributed by atoms with Crippen LogP contribution in [0.2, 0.25) is 10.0 Å². The molecule has 1 aliphatic rings. The van der Waals surface area contributed by atoms with Crippen LogP contribution in [0.15, 0.2) is 39.9 Å². The zero-order chi connectivity index (χ0) is 30.2. The highest BCUT2D eigenvalue weighted by atomic mass is 35.5. The van der Waals surface area contributed by atoms with Crippen molar-refractivity contribution in [2.24, 2.45) is 22.7 Å². The molecule has 0 radical (unpaired) electrons. The number of ketones is 2. The molecular weight excluding hydrogens is 566 g/mol. The first-order chi connectivity index (χ1) is 18.6. The van der Waals surface area contributed by atoms with Crippen LogP contribution < -0.4 is 0 Å². The first-order valence-corrected chi connectivity index (χ1v) is 14.1. The van der Waals surface area contributed by atoms with E-state index in [1.807, 2.05) is 13.8 Å². The predicted molar refractivity (Wildman–Crippen MR) is 153 cm³/mol. The Morgan fingerprint density at radius 1 is 1.10 bits per heavy atom. The lowest BCUT2D eigenvalue weighted by molar-refractivity contribution is -0.143. The van der Waals surface area contributed by atoms with Crippen molar-refractivity contribution in [3.63, 3.8) is 0 Å². The number of hydrogen-bond acceptors (Lipinski definition) is 4. The normalized spacial score (nSPS) is 19.2. The summed E-state index contributed by atoms with van der Waals surface area (Å²) in [6, 6.07) is 3.18. The lowest BCUT2D eigenvalue weighted by Crippen LogP contribution is -2.23. The summed E-state index contributed by atoms with van der Waals surface area (Å²) in [7, 11) is 0. The van der Waals surface area contributed by atoms with Crippen molar-refractivity contribution in [2.75, 3.05) is 6.54 Å². The van der Waals surface area contributed by atoms with E-state index in [2.05, 4.69) is 4.99 Å². The maximum absolute atomic E-state index is 13.8. The molecule has 0 bridgehead atoms. The van der Waals surface area contributed by atoms with Gasteiger partial charge in [0.15, 0.2) is 11.6 Å². The highest BCUT2D eigenvalue weighted by Crippen LogP contribution is 2.32. The Hall–Kier alpha value is -2.45. The van der Waals surface area contributed by atoms with Gasteiger partial charge in [-0.2, -0.15) is 13.2 Å². The Bertz CT molecular complexity index is 1170. The smallest absolute Gasteiger partial charge is 0.413 e. The highest BCUT2D eigenvalue weighted by molar-refractivity contribution is 6.40. The Labute approximate surface area is 243 Å². The minimum Gasteiger partial charge on any atom is -0.481 e. The van der Waals surface area contributed by atoms with Crippen LogP contribution in [0.5, 0.6) is 0 Å². The van der Waals surface area contributed by atoms with Crippen LogP contribution in [-0.2, 0) is 9.59 Å². The number of hydrogen-bond donors (Lipinski definition) is 1. The number of rotatable bonds is 12. The lowest BCUT2D eigenvalue weighted by Gasteiger charge is -2.24. The number of carboxylic acids is 1. The molecule has 1 aromatic rings. The van der Waals surface area contributed by atoms with Crippen LogP contribution in [0, 0.1) is 24.7 Å². The quantitative estimate of drug-likeness (QED) is 0.147. The third kappa shape index (κ3) is 9.88. The van der Waals surface area contributed by atoms with E-state index in [1.54, 1.807) is 19.1 Å². The average Bonchev–Trinajstić information content (AvgIpc) is 2.85. The summed E-state index contributed by atoms with van der Waals surface area (Å²) in [5.41, 5.74) is -0.681. The second-order valence-electron chi connectivity index (χ2n) is 10.8. The molecule has 0 aliphatic heterocycles. The molecule has 220 valence electrons. The molecule has 0 saturated heterocycles. The summed E-state index contributed by atoms with van der Waals surface area (Å²) in [5.74, 6) is -2.34. The van der Waals surface area contributed by atoms with E-state index in [0.29, 0.717) is 32.1 Å². The van der Waals surface area contributed by atoms with Gasteiger partial charge in [0.1, 0.15) is 0 Å². The highest BCUT2D eigenvalue weighted by Gasteiger charge is 2.35. The van der Waals surface area contributed by atoms with E-state index < -0.39 is 40.8 Å². The van der Waals surface area contributed by atoms with Gasteiger partial charge in [0.2, 0.25) is 0 Å².